The van der Waals surface area contributed by atoms with Crippen molar-refractivity contribution < 1.29 is 9.59 Å². The van der Waals surface area contributed by atoms with E-state index in [1.165, 1.54) is 6.08 Å². The number of nitrogens with two attached hydrogens (primary N) is 1. The SMILES string of the molecule is C/C(=C/C(N)=O)Nc1ccc(NCCCC=C2C(=O)Nc3ccc4ncsc4c32)cc1. The van der Waals surface area contributed by atoms with Gasteiger partial charge in [0.2, 0.25) is 5.91 Å². The summed E-state index contributed by atoms with van der Waals surface area (Å²) in [6.07, 6.45) is 5.05. The zero-order chi connectivity index (χ0) is 21.8. The molecule has 0 radical (unpaired) electrons. The first kappa shape index (κ1) is 20.6. The number of amides is 2. The van der Waals surface area contributed by atoms with E-state index in [9.17, 15) is 9.59 Å². The molecule has 5 N–H and O–H groups in total. The summed E-state index contributed by atoms with van der Waals surface area (Å²) in [5, 5.41) is 9.44. The molecular weight excluding hydrogens is 410 g/mol. The van der Waals surface area contributed by atoms with Crippen LogP contribution in [0.2, 0.25) is 0 Å². The van der Waals surface area contributed by atoms with E-state index in [1.54, 1.807) is 18.3 Å². The third-order valence-electron chi connectivity index (χ3n) is 4.91. The maximum absolute atomic E-state index is 12.4. The molecule has 8 heteroatoms. The number of nitrogens with zero attached hydrogens (tertiary/aromatic N) is 1. The smallest absolute Gasteiger partial charge is 0.256 e. The van der Waals surface area contributed by atoms with E-state index in [0.717, 1.165) is 57.8 Å². The lowest BCUT2D eigenvalue weighted by molar-refractivity contribution is -0.113. The number of unbranched alkanes of at least 4 members (excludes halogenated alkanes) is 1. The Morgan fingerprint density at radius 3 is 2.74 bits per heavy atom. The quantitative estimate of drug-likeness (QED) is 0.312. The number of allylic oxidation sites excluding steroid dienone is 2. The number of thiazole rings is 1. The second-order valence-corrected chi connectivity index (χ2v) is 8.12. The van der Waals surface area contributed by atoms with Crippen LogP contribution >= 0.6 is 11.3 Å². The van der Waals surface area contributed by atoms with Gasteiger partial charge in [-0.15, -0.1) is 11.3 Å². The van der Waals surface area contributed by atoms with Gasteiger partial charge in [-0.05, 0) is 56.2 Å². The van der Waals surface area contributed by atoms with Crippen molar-refractivity contribution in [1.29, 1.82) is 0 Å². The largest absolute Gasteiger partial charge is 0.385 e. The summed E-state index contributed by atoms with van der Waals surface area (Å²) in [4.78, 5) is 27.7. The van der Waals surface area contributed by atoms with Crippen LogP contribution in [0.25, 0.3) is 15.8 Å². The lowest BCUT2D eigenvalue weighted by atomic mass is 10.0. The highest BCUT2D eigenvalue weighted by Crippen LogP contribution is 2.39. The number of aromatic nitrogens is 1. The van der Waals surface area contributed by atoms with Crippen LogP contribution in [-0.4, -0.2) is 23.3 Å². The Kier molecular flexibility index (Phi) is 5.99. The van der Waals surface area contributed by atoms with Crippen molar-refractivity contribution >= 4 is 56.0 Å². The van der Waals surface area contributed by atoms with Crippen molar-refractivity contribution in [3.05, 3.63) is 65.3 Å². The molecule has 3 aromatic rings. The molecule has 0 bridgehead atoms. The average Bonchev–Trinajstić information content (AvgIpc) is 3.32. The minimum absolute atomic E-state index is 0.0485. The standard InChI is InChI=1S/C23H23N5O2S/c1-14(12-20(24)29)27-16-7-5-15(6-8-16)25-11-3-2-4-17-21-18(28-23(17)30)9-10-19-22(21)31-13-26-19/h4-10,12-13,25,27H,2-3,11H2,1H3,(H2,24,29)(H,28,30)/b14-12-,17-4?. The lowest BCUT2D eigenvalue weighted by Crippen LogP contribution is -2.09. The van der Waals surface area contributed by atoms with Crippen molar-refractivity contribution in [3.63, 3.8) is 0 Å². The first-order valence-electron chi connectivity index (χ1n) is 9.98. The van der Waals surface area contributed by atoms with Crippen LogP contribution in [0.3, 0.4) is 0 Å². The number of fused-ring (bicyclic) bond motifs is 3. The van der Waals surface area contributed by atoms with E-state index in [1.807, 2.05) is 48.0 Å². The molecule has 0 saturated carbocycles. The van der Waals surface area contributed by atoms with Crippen LogP contribution in [0.15, 0.2) is 59.8 Å². The molecule has 2 aromatic carbocycles. The van der Waals surface area contributed by atoms with Crippen LogP contribution in [0.1, 0.15) is 25.3 Å². The molecule has 0 atom stereocenters. The van der Waals surface area contributed by atoms with Crippen molar-refractivity contribution in [2.45, 2.75) is 19.8 Å². The van der Waals surface area contributed by atoms with Crippen molar-refractivity contribution in [2.24, 2.45) is 5.73 Å². The Hall–Kier alpha value is -3.65. The Labute approximate surface area is 184 Å². The second-order valence-electron chi connectivity index (χ2n) is 7.26. The van der Waals surface area contributed by atoms with Gasteiger partial charge in [-0.1, -0.05) is 6.08 Å². The van der Waals surface area contributed by atoms with Gasteiger partial charge in [0.05, 0.1) is 21.4 Å². The van der Waals surface area contributed by atoms with Crippen molar-refractivity contribution in [1.82, 2.24) is 4.98 Å². The van der Waals surface area contributed by atoms with Gasteiger partial charge < -0.3 is 21.7 Å². The molecule has 1 aromatic heterocycles. The summed E-state index contributed by atoms with van der Waals surface area (Å²) in [7, 11) is 0. The molecule has 0 saturated heterocycles. The molecule has 1 aliphatic rings. The summed E-state index contributed by atoms with van der Waals surface area (Å²) in [6.45, 7) is 2.57. The number of nitrogens with one attached hydrogen (secondary N) is 3. The molecule has 1 aliphatic heterocycles. The molecular formula is C23H23N5O2S. The van der Waals surface area contributed by atoms with Crippen LogP contribution in [0, 0.1) is 0 Å². The molecule has 0 aliphatic carbocycles. The molecule has 31 heavy (non-hydrogen) atoms. The number of hydrogen-bond donors (Lipinski definition) is 4. The van der Waals surface area contributed by atoms with Gasteiger partial charge in [0.15, 0.2) is 0 Å². The minimum Gasteiger partial charge on any atom is -0.385 e. The summed E-state index contributed by atoms with van der Waals surface area (Å²) >= 11 is 1.56. The average molecular weight is 434 g/mol. The number of carbonyl (C=O) groups is 2. The van der Waals surface area contributed by atoms with E-state index in [4.69, 9.17) is 5.73 Å². The topological polar surface area (TPSA) is 109 Å². The van der Waals surface area contributed by atoms with Gasteiger partial charge in [0.1, 0.15) is 0 Å². The Morgan fingerprint density at radius 1 is 1.19 bits per heavy atom. The number of rotatable bonds is 8. The molecule has 4 rings (SSSR count). The Balaban J connectivity index is 1.31. The fraction of sp³-hybridized carbons (Fsp3) is 0.174. The van der Waals surface area contributed by atoms with Gasteiger partial charge in [0.25, 0.3) is 5.91 Å². The zero-order valence-electron chi connectivity index (χ0n) is 17.1. The van der Waals surface area contributed by atoms with Crippen LogP contribution in [-0.2, 0) is 9.59 Å². The molecule has 2 heterocycles. The normalized spacial score (nSPS) is 14.5. The highest BCUT2D eigenvalue weighted by atomic mass is 32.1. The molecule has 158 valence electrons. The molecule has 0 unspecified atom stereocenters. The fourth-order valence-electron chi connectivity index (χ4n) is 3.53. The lowest BCUT2D eigenvalue weighted by Gasteiger charge is -2.09. The first-order chi connectivity index (χ1) is 15.0. The highest BCUT2D eigenvalue weighted by Gasteiger charge is 2.26. The minimum atomic E-state index is -0.478. The van der Waals surface area contributed by atoms with E-state index in [2.05, 4.69) is 20.9 Å². The van der Waals surface area contributed by atoms with Gasteiger partial charge in [-0.25, -0.2) is 4.98 Å². The Morgan fingerprint density at radius 2 is 1.97 bits per heavy atom. The monoisotopic (exact) mass is 433 g/mol. The van der Waals surface area contributed by atoms with E-state index < -0.39 is 5.91 Å². The summed E-state index contributed by atoms with van der Waals surface area (Å²) in [5.41, 5.74) is 13.0. The molecule has 7 nitrogen and oxygen atoms in total. The zero-order valence-corrected chi connectivity index (χ0v) is 17.9. The van der Waals surface area contributed by atoms with E-state index in [-0.39, 0.29) is 5.91 Å². The summed E-state index contributed by atoms with van der Waals surface area (Å²) < 4.78 is 1.05. The number of hydrogen-bond acceptors (Lipinski definition) is 6. The number of anilines is 3. The van der Waals surface area contributed by atoms with E-state index >= 15 is 0 Å². The molecule has 2 amide bonds. The maximum atomic E-state index is 12.4. The van der Waals surface area contributed by atoms with E-state index in [0.29, 0.717) is 5.70 Å². The number of benzene rings is 2. The van der Waals surface area contributed by atoms with Crippen LogP contribution in [0.4, 0.5) is 17.1 Å². The van der Waals surface area contributed by atoms with Gasteiger partial charge in [0, 0.05) is 40.8 Å². The Bertz CT molecular complexity index is 1190. The maximum Gasteiger partial charge on any atom is 0.256 e. The third kappa shape index (κ3) is 4.75. The predicted molar refractivity (Wildman–Crippen MR) is 127 cm³/mol. The van der Waals surface area contributed by atoms with Crippen molar-refractivity contribution in [3.8, 4) is 0 Å². The van der Waals surface area contributed by atoms with Gasteiger partial charge >= 0.3 is 0 Å². The predicted octanol–water partition coefficient (Wildman–Crippen LogP) is 4.33. The third-order valence-corrected chi connectivity index (χ3v) is 5.76. The van der Waals surface area contributed by atoms with Crippen molar-refractivity contribution in [2.75, 3.05) is 22.5 Å². The van der Waals surface area contributed by atoms with Crippen LogP contribution < -0.4 is 21.7 Å². The van der Waals surface area contributed by atoms with Gasteiger partial charge in [-0.3, -0.25) is 9.59 Å². The molecule has 0 fully saturated rings. The summed E-state index contributed by atoms with van der Waals surface area (Å²) in [6, 6.07) is 11.7. The fourth-order valence-corrected chi connectivity index (χ4v) is 4.38. The van der Waals surface area contributed by atoms with Crippen LogP contribution in [0.5, 0.6) is 0 Å². The second kappa shape index (κ2) is 9.01. The first-order valence-corrected chi connectivity index (χ1v) is 10.9. The summed E-state index contributed by atoms with van der Waals surface area (Å²) in [5.74, 6) is -0.527. The molecule has 0 spiro atoms. The number of primary amides is 1. The van der Waals surface area contributed by atoms with Gasteiger partial charge in [-0.2, -0.15) is 0 Å². The number of carbonyl (C=O) groups excluding carboxylic acids is 2. The highest BCUT2D eigenvalue weighted by molar-refractivity contribution is 7.17.